The van der Waals surface area contributed by atoms with Crippen molar-refractivity contribution in [2.45, 2.75) is 25.7 Å². The van der Waals surface area contributed by atoms with Crippen LogP contribution in [0.25, 0.3) is 10.2 Å². The molecule has 7 nitrogen and oxygen atoms in total. The minimum atomic E-state index is -0.0899. The highest BCUT2D eigenvalue weighted by Gasteiger charge is 2.27. The van der Waals surface area contributed by atoms with Crippen LogP contribution in [0.15, 0.2) is 27.6 Å². The van der Waals surface area contributed by atoms with Gasteiger partial charge >= 0.3 is 0 Å². The molecule has 0 bridgehead atoms. The topological polar surface area (TPSA) is 71.6 Å². The molecule has 146 valence electrons. The number of carbonyl (C=O) groups is 1. The van der Waals surface area contributed by atoms with Crippen molar-refractivity contribution < 1.29 is 9.21 Å². The Bertz CT molecular complexity index is 1090. The van der Waals surface area contributed by atoms with Crippen LogP contribution in [0.5, 0.6) is 0 Å². The van der Waals surface area contributed by atoms with Crippen molar-refractivity contribution in [3.63, 3.8) is 0 Å². The Labute approximate surface area is 166 Å². The number of fused-ring (bicyclic) bond motifs is 3. The van der Waals surface area contributed by atoms with Gasteiger partial charge in [-0.15, -0.1) is 11.3 Å². The number of nitrogens with zero attached hydrogens (tertiary/aromatic N) is 4. The number of thiophene rings is 1. The van der Waals surface area contributed by atoms with Crippen LogP contribution in [0.1, 0.15) is 33.8 Å². The van der Waals surface area contributed by atoms with Crippen LogP contribution in [0.4, 0.5) is 5.95 Å². The standard InChI is InChI=1S/C20H22N4O3S/c1-22-19(26)16-13-5-2-3-7-15(13)28-17(16)21-20(22)24-10-8-23(9-11-24)18(25)14-6-4-12-27-14/h4,6,12H,2-3,5,7-11H2,1H3. The van der Waals surface area contributed by atoms with Crippen molar-refractivity contribution in [1.82, 2.24) is 14.5 Å². The maximum absolute atomic E-state index is 13.1. The average molecular weight is 398 g/mol. The second-order valence-corrected chi connectivity index (χ2v) is 8.51. The van der Waals surface area contributed by atoms with Gasteiger partial charge in [-0.3, -0.25) is 14.2 Å². The Morgan fingerprint density at radius 2 is 1.96 bits per heavy atom. The molecule has 4 heterocycles. The Morgan fingerprint density at radius 1 is 1.18 bits per heavy atom. The van der Waals surface area contributed by atoms with Gasteiger partial charge in [-0.2, -0.15) is 0 Å². The van der Waals surface area contributed by atoms with Gasteiger partial charge in [0.15, 0.2) is 5.76 Å². The van der Waals surface area contributed by atoms with Crippen molar-refractivity contribution in [3.8, 4) is 0 Å². The molecule has 1 amide bonds. The van der Waals surface area contributed by atoms with Crippen molar-refractivity contribution in [2.75, 3.05) is 31.1 Å². The van der Waals surface area contributed by atoms with Gasteiger partial charge in [0.25, 0.3) is 11.5 Å². The zero-order chi connectivity index (χ0) is 19.3. The van der Waals surface area contributed by atoms with Crippen LogP contribution in [-0.2, 0) is 19.9 Å². The van der Waals surface area contributed by atoms with Crippen LogP contribution in [-0.4, -0.2) is 46.5 Å². The Balaban J connectivity index is 1.42. The van der Waals surface area contributed by atoms with E-state index in [2.05, 4.69) is 4.90 Å². The number of aromatic nitrogens is 2. The van der Waals surface area contributed by atoms with Crippen molar-refractivity contribution in [3.05, 3.63) is 45.0 Å². The number of anilines is 1. The highest BCUT2D eigenvalue weighted by molar-refractivity contribution is 7.18. The molecule has 2 aliphatic rings. The second kappa shape index (κ2) is 6.77. The summed E-state index contributed by atoms with van der Waals surface area (Å²) in [5.41, 5.74) is 1.27. The molecular weight excluding hydrogens is 376 g/mol. The third-order valence-corrected chi connectivity index (χ3v) is 6.94. The summed E-state index contributed by atoms with van der Waals surface area (Å²) in [5.74, 6) is 0.971. The lowest BCUT2D eigenvalue weighted by Gasteiger charge is -2.35. The molecule has 5 rings (SSSR count). The van der Waals surface area contributed by atoms with E-state index in [-0.39, 0.29) is 11.5 Å². The van der Waals surface area contributed by atoms with Crippen molar-refractivity contribution >= 4 is 33.4 Å². The van der Waals surface area contributed by atoms with Gasteiger partial charge in [0.05, 0.1) is 11.6 Å². The summed E-state index contributed by atoms with van der Waals surface area (Å²) in [6.07, 6.45) is 5.90. The third-order valence-electron chi connectivity index (χ3n) is 5.75. The van der Waals surface area contributed by atoms with E-state index in [9.17, 15) is 9.59 Å². The fraction of sp³-hybridized carbons (Fsp3) is 0.450. The quantitative estimate of drug-likeness (QED) is 0.663. The van der Waals surface area contributed by atoms with Gasteiger partial charge in [0.2, 0.25) is 5.95 Å². The van der Waals surface area contributed by atoms with Crippen molar-refractivity contribution in [2.24, 2.45) is 7.05 Å². The van der Waals surface area contributed by atoms with Gasteiger partial charge in [-0.05, 0) is 43.4 Å². The molecule has 0 N–H and O–H groups in total. The molecule has 0 unspecified atom stereocenters. The smallest absolute Gasteiger partial charge is 0.289 e. The predicted octanol–water partition coefficient (Wildman–Crippen LogP) is 2.43. The summed E-state index contributed by atoms with van der Waals surface area (Å²) in [5, 5.41) is 0.817. The van der Waals surface area contributed by atoms with E-state index in [0.29, 0.717) is 37.9 Å². The van der Waals surface area contributed by atoms with Gasteiger partial charge in [0.1, 0.15) is 4.83 Å². The lowest BCUT2D eigenvalue weighted by Crippen LogP contribution is -2.50. The number of rotatable bonds is 2. The van der Waals surface area contributed by atoms with E-state index < -0.39 is 0 Å². The number of hydrogen-bond acceptors (Lipinski definition) is 6. The van der Waals surface area contributed by atoms with Crippen LogP contribution in [0.3, 0.4) is 0 Å². The van der Waals surface area contributed by atoms with Crippen LogP contribution < -0.4 is 10.5 Å². The molecule has 3 aromatic heterocycles. The van der Waals surface area contributed by atoms with Crippen LogP contribution in [0, 0.1) is 0 Å². The number of carbonyl (C=O) groups excluding carboxylic acids is 1. The minimum absolute atomic E-state index is 0.0495. The number of aryl methyl sites for hydroxylation is 2. The molecule has 1 fully saturated rings. The first kappa shape index (κ1) is 17.5. The summed E-state index contributed by atoms with van der Waals surface area (Å²) in [4.78, 5) is 36.5. The van der Waals surface area contributed by atoms with Crippen LogP contribution in [0.2, 0.25) is 0 Å². The summed E-state index contributed by atoms with van der Waals surface area (Å²) in [6, 6.07) is 3.41. The third kappa shape index (κ3) is 2.74. The van der Waals surface area contributed by atoms with Crippen molar-refractivity contribution in [1.29, 1.82) is 0 Å². The summed E-state index contributed by atoms with van der Waals surface area (Å²) >= 11 is 1.68. The maximum atomic E-state index is 13.1. The molecule has 1 aliphatic heterocycles. The first-order chi connectivity index (χ1) is 13.6. The highest BCUT2D eigenvalue weighted by Crippen LogP contribution is 2.34. The number of piperazine rings is 1. The fourth-order valence-electron chi connectivity index (χ4n) is 4.22. The number of amides is 1. The van der Waals surface area contributed by atoms with E-state index in [4.69, 9.17) is 9.40 Å². The van der Waals surface area contributed by atoms with E-state index in [0.717, 1.165) is 29.5 Å². The number of furan rings is 1. The zero-order valence-electron chi connectivity index (χ0n) is 15.8. The zero-order valence-corrected chi connectivity index (χ0v) is 16.6. The van der Waals surface area contributed by atoms with Gasteiger partial charge in [-0.1, -0.05) is 0 Å². The maximum Gasteiger partial charge on any atom is 0.289 e. The Hall–Kier alpha value is -2.61. The molecule has 0 radical (unpaired) electrons. The first-order valence-electron chi connectivity index (χ1n) is 9.72. The minimum Gasteiger partial charge on any atom is -0.459 e. The fourth-order valence-corrected chi connectivity index (χ4v) is 5.47. The molecule has 28 heavy (non-hydrogen) atoms. The van der Waals surface area contributed by atoms with E-state index in [1.165, 1.54) is 23.1 Å². The van der Waals surface area contributed by atoms with E-state index in [1.54, 1.807) is 40.0 Å². The Kier molecular flexibility index (Phi) is 4.23. The predicted molar refractivity (Wildman–Crippen MR) is 108 cm³/mol. The van der Waals surface area contributed by atoms with Gasteiger partial charge < -0.3 is 14.2 Å². The van der Waals surface area contributed by atoms with E-state index >= 15 is 0 Å². The summed E-state index contributed by atoms with van der Waals surface area (Å²) in [7, 11) is 1.80. The van der Waals surface area contributed by atoms with Crippen LogP contribution >= 0.6 is 11.3 Å². The van der Waals surface area contributed by atoms with Gasteiger partial charge in [-0.25, -0.2) is 4.98 Å². The molecule has 8 heteroatoms. The largest absolute Gasteiger partial charge is 0.459 e. The molecular formula is C20H22N4O3S. The molecule has 0 atom stereocenters. The second-order valence-electron chi connectivity index (χ2n) is 7.42. The lowest BCUT2D eigenvalue weighted by atomic mass is 9.97. The average Bonchev–Trinajstić information content (AvgIpc) is 3.38. The summed E-state index contributed by atoms with van der Waals surface area (Å²) in [6.45, 7) is 2.44. The molecule has 1 saturated heterocycles. The SMILES string of the molecule is Cn1c(N2CCN(C(=O)c3ccco3)CC2)nc2sc3c(c2c1=O)CCCC3. The molecule has 0 aromatic carbocycles. The molecule has 0 spiro atoms. The van der Waals surface area contributed by atoms with Gasteiger partial charge in [0, 0.05) is 38.1 Å². The Morgan fingerprint density at radius 3 is 2.71 bits per heavy atom. The number of hydrogen-bond donors (Lipinski definition) is 0. The molecule has 1 aliphatic carbocycles. The van der Waals surface area contributed by atoms with E-state index in [1.807, 2.05) is 0 Å². The highest BCUT2D eigenvalue weighted by atomic mass is 32.1. The first-order valence-corrected chi connectivity index (χ1v) is 10.5. The normalized spacial score (nSPS) is 17.2. The summed E-state index contributed by atoms with van der Waals surface area (Å²) < 4.78 is 6.90. The molecule has 0 saturated carbocycles. The lowest BCUT2D eigenvalue weighted by molar-refractivity contribution is 0.0714. The molecule has 3 aromatic rings. The monoisotopic (exact) mass is 398 g/mol.